The van der Waals surface area contributed by atoms with Gasteiger partial charge in [-0.1, -0.05) is 5.16 Å². The fourth-order valence-corrected chi connectivity index (χ4v) is 6.81. The molecule has 0 saturated carbocycles. The lowest BCUT2D eigenvalue weighted by Gasteiger charge is -2.30. The van der Waals surface area contributed by atoms with Crippen molar-refractivity contribution >= 4 is 32.7 Å². The molecule has 1 saturated heterocycles. The van der Waals surface area contributed by atoms with Crippen molar-refractivity contribution in [2.24, 2.45) is 5.92 Å². The first-order valence-corrected chi connectivity index (χ1v) is 11.6. The summed E-state index contributed by atoms with van der Waals surface area (Å²) in [6.07, 6.45) is 2.41. The topological polar surface area (TPSA) is 76.3 Å². The van der Waals surface area contributed by atoms with Gasteiger partial charge in [-0.3, -0.25) is 0 Å². The zero-order chi connectivity index (χ0) is 18.1. The predicted octanol–water partition coefficient (Wildman–Crippen LogP) is 3.81. The second-order valence-electron chi connectivity index (χ2n) is 6.46. The number of hydrogen-bond acceptors (Lipinski definition) is 7. The largest absolute Gasteiger partial charge is 0.339 e. The highest BCUT2D eigenvalue weighted by atomic mass is 32.2. The number of thiophene rings is 2. The molecular weight excluding hydrogens is 390 g/mol. The molecule has 1 unspecified atom stereocenters. The molecule has 0 spiro atoms. The zero-order valence-corrected chi connectivity index (χ0v) is 16.7. The van der Waals surface area contributed by atoms with E-state index < -0.39 is 10.0 Å². The summed E-state index contributed by atoms with van der Waals surface area (Å²) in [5.74, 6) is 1.35. The smallest absolute Gasteiger partial charge is 0.252 e. The van der Waals surface area contributed by atoms with Crippen LogP contribution in [-0.2, 0) is 16.4 Å². The van der Waals surface area contributed by atoms with Crippen LogP contribution in [0.5, 0.6) is 0 Å². The van der Waals surface area contributed by atoms with E-state index in [0.29, 0.717) is 35.4 Å². The molecule has 0 amide bonds. The molecule has 1 aliphatic heterocycles. The van der Waals surface area contributed by atoms with Crippen molar-refractivity contribution in [3.63, 3.8) is 0 Å². The van der Waals surface area contributed by atoms with E-state index in [9.17, 15) is 8.42 Å². The molecule has 26 heavy (non-hydrogen) atoms. The molecule has 4 heterocycles. The highest BCUT2D eigenvalue weighted by Crippen LogP contribution is 2.29. The van der Waals surface area contributed by atoms with Gasteiger partial charge in [0.2, 0.25) is 11.7 Å². The third-order valence-electron chi connectivity index (χ3n) is 4.50. The van der Waals surface area contributed by atoms with Gasteiger partial charge >= 0.3 is 0 Å². The molecule has 6 nitrogen and oxygen atoms in total. The Morgan fingerprint density at radius 1 is 1.35 bits per heavy atom. The number of aryl methyl sites for hydroxylation is 1. The van der Waals surface area contributed by atoms with Crippen molar-refractivity contribution < 1.29 is 12.9 Å². The van der Waals surface area contributed by atoms with Crippen LogP contribution in [0.15, 0.2) is 37.7 Å². The highest BCUT2D eigenvalue weighted by molar-refractivity contribution is 7.91. The summed E-state index contributed by atoms with van der Waals surface area (Å²) in [5, 5.41) is 7.99. The molecule has 1 atom stereocenters. The highest BCUT2D eigenvalue weighted by Gasteiger charge is 2.32. The minimum atomic E-state index is -3.41. The standard InChI is InChI=1S/C17H19N3O3S3/c1-12-4-5-16(25-12)26(21,22)20-7-2-3-13(10-20)9-15-18-17(19-23-15)14-6-8-24-11-14/h4-6,8,11,13H,2-3,7,9-10H2,1H3. The van der Waals surface area contributed by atoms with Crippen molar-refractivity contribution in [2.75, 3.05) is 13.1 Å². The van der Waals surface area contributed by atoms with Crippen LogP contribution in [0.25, 0.3) is 11.4 Å². The maximum Gasteiger partial charge on any atom is 0.252 e. The Labute approximate surface area is 160 Å². The number of sulfonamides is 1. The van der Waals surface area contributed by atoms with E-state index in [-0.39, 0.29) is 5.92 Å². The maximum atomic E-state index is 12.8. The Morgan fingerprint density at radius 3 is 2.96 bits per heavy atom. The van der Waals surface area contributed by atoms with Crippen molar-refractivity contribution in [1.29, 1.82) is 0 Å². The van der Waals surface area contributed by atoms with Crippen molar-refractivity contribution in [2.45, 2.75) is 30.4 Å². The number of hydrogen-bond donors (Lipinski definition) is 0. The van der Waals surface area contributed by atoms with Crippen LogP contribution in [0, 0.1) is 12.8 Å². The van der Waals surface area contributed by atoms with Gasteiger partial charge in [-0.15, -0.1) is 11.3 Å². The van der Waals surface area contributed by atoms with Gasteiger partial charge in [0.05, 0.1) is 0 Å². The van der Waals surface area contributed by atoms with Crippen LogP contribution in [-0.4, -0.2) is 36.0 Å². The van der Waals surface area contributed by atoms with Gasteiger partial charge in [0.15, 0.2) is 0 Å². The van der Waals surface area contributed by atoms with Crippen LogP contribution >= 0.6 is 22.7 Å². The molecule has 138 valence electrons. The normalized spacial score (nSPS) is 19.0. The quantitative estimate of drug-likeness (QED) is 0.640. The Bertz CT molecular complexity index is 976. The molecule has 0 bridgehead atoms. The van der Waals surface area contributed by atoms with Crippen LogP contribution in [0.4, 0.5) is 0 Å². The van der Waals surface area contributed by atoms with Crippen LogP contribution in [0.3, 0.4) is 0 Å². The summed E-state index contributed by atoms with van der Waals surface area (Å²) in [4.78, 5) is 5.46. The molecule has 0 radical (unpaired) electrons. The fourth-order valence-electron chi connectivity index (χ4n) is 3.18. The van der Waals surface area contributed by atoms with Crippen LogP contribution in [0.2, 0.25) is 0 Å². The van der Waals surface area contributed by atoms with Gasteiger partial charge in [-0.05, 0) is 49.3 Å². The predicted molar refractivity (Wildman–Crippen MR) is 102 cm³/mol. The first-order valence-electron chi connectivity index (χ1n) is 8.44. The molecular formula is C17H19N3O3S3. The van der Waals surface area contributed by atoms with Crippen LogP contribution in [0.1, 0.15) is 23.6 Å². The van der Waals surface area contributed by atoms with E-state index in [2.05, 4.69) is 10.1 Å². The van der Waals surface area contributed by atoms with E-state index in [1.807, 2.05) is 29.8 Å². The minimum absolute atomic E-state index is 0.190. The monoisotopic (exact) mass is 409 g/mol. The average molecular weight is 410 g/mol. The SMILES string of the molecule is Cc1ccc(S(=O)(=O)N2CCCC(Cc3nc(-c4ccsc4)no3)C2)s1. The Hall–Kier alpha value is -1.55. The molecule has 1 fully saturated rings. The Kier molecular flexibility index (Phi) is 4.96. The molecule has 1 aliphatic rings. The molecule has 0 aliphatic carbocycles. The summed E-state index contributed by atoms with van der Waals surface area (Å²) < 4.78 is 33.1. The van der Waals surface area contributed by atoms with Crippen molar-refractivity contribution in [3.8, 4) is 11.4 Å². The van der Waals surface area contributed by atoms with E-state index in [0.717, 1.165) is 23.3 Å². The summed E-state index contributed by atoms with van der Waals surface area (Å²) in [5.41, 5.74) is 0.950. The zero-order valence-electron chi connectivity index (χ0n) is 14.3. The van der Waals surface area contributed by atoms with Crippen molar-refractivity contribution in [1.82, 2.24) is 14.4 Å². The molecule has 0 aromatic carbocycles. The minimum Gasteiger partial charge on any atom is -0.339 e. The van der Waals surface area contributed by atoms with E-state index in [1.165, 1.54) is 11.3 Å². The fraction of sp³-hybridized carbons (Fsp3) is 0.412. The number of nitrogens with zero attached hydrogens (tertiary/aromatic N) is 3. The third kappa shape index (κ3) is 3.62. The van der Waals surface area contributed by atoms with Gasteiger partial charge in [-0.2, -0.15) is 20.6 Å². The third-order valence-corrected chi connectivity index (χ3v) is 8.52. The van der Waals surface area contributed by atoms with Gasteiger partial charge in [0, 0.05) is 35.3 Å². The lowest BCUT2D eigenvalue weighted by molar-refractivity contribution is 0.247. The molecule has 3 aromatic heterocycles. The van der Waals surface area contributed by atoms with E-state index in [1.54, 1.807) is 21.7 Å². The van der Waals surface area contributed by atoms with Gasteiger partial charge in [-0.25, -0.2) is 8.42 Å². The van der Waals surface area contributed by atoms with E-state index >= 15 is 0 Å². The number of rotatable bonds is 5. The summed E-state index contributed by atoms with van der Waals surface area (Å²) in [7, 11) is -3.41. The Morgan fingerprint density at radius 2 is 2.23 bits per heavy atom. The Balaban J connectivity index is 1.46. The second kappa shape index (κ2) is 7.22. The first-order chi connectivity index (χ1) is 12.5. The van der Waals surface area contributed by atoms with Gasteiger partial charge < -0.3 is 4.52 Å². The van der Waals surface area contributed by atoms with Gasteiger partial charge in [0.1, 0.15) is 4.21 Å². The molecule has 3 aromatic rings. The number of piperidine rings is 1. The molecule has 4 rings (SSSR count). The first kappa shape index (κ1) is 17.8. The lowest BCUT2D eigenvalue weighted by atomic mass is 9.96. The van der Waals surface area contributed by atoms with Gasteiger partial charge in [0.25, 0.3) is 10.0 Å². The summed E-state index contributed by atoms with van der Waals surface area (Å²) in [6, 6.07) is 5.50. The second-order valence-corrected chi connectivity index (χ2v) is 10.7. The summed E-state index contributed by atoms with van der Waals surface area (Å²) >= 11 is 2.91. The maximum absolute atomic E-state index is 12.8. The van der Waals surface area contributed by atoms with Crippen LogP contribution < -0.4 is 0 Å². The van der Waals surface area contributed by atoms with Crippen molar-refractivity contribution in [3.05, 3.63) is 39.7 Å². The summed E-state index contributed by atoms with van der Waals surface area (Å²) in [6.45, 7) is 2.98. The molecule has 0 N–H and O–H groups in total. The van der Waals surface area contributed by atoms with E-state index in [4.69, 9.17) is 4.52 Å². The number of aromatic nitrogens is 2. The molecule has 9 heteroatoms. The average Bonchev–Trinajstić information content (AvgIpc) is 3.36. The lowest BCUT2D eigenvalue weighted by Crippen LogP contribution is -2.40.